The molecule has 0 spiro atoms. The van der Waals surface area contributed by atoms with Crippen molar-refractivity contribution in [1.29, 1.82) is 0 Å². The topological polar surface area (TPSA) is 127 Å². The van der Waals surface area contributed by atoms with Crippen LogP contribution in [0.5, 0.6) is 5.75 Å². The zero-order chi connectivity index (χ0) is 19.8. The van der Waals surface area contributed by atoms with Crippen molar-refractivity contribution >= 4 is 25.8 Å². The van der Waals surface area contributed by atoms with Gasteiger partial charge in [-0.15, -0.1) is 0 Å². The SMILES string of the molecule is COc1ccc(S(=O)(=O)C2=CC=CS(=O)(=O)[N+](C)(C)[C@H]2C(=O)NO)cc1. The van der Waals surface area contributed by atoms with E-state index >= 15 is 0 Å². The number of rotatable bonds is 4. The largest absolute Gasteiger partial charge is 0.497 e. The van der Waals surface area contributed by atoms with E-state index in [0.29, 0.717) is 5.75 Å². The summed E-state index contributed by atoms with van der Waals surface area (Å²) < 4.78 is 54.9. The fourth-order valence-corrected chi connectivity index (χ4v) is 5.38. The van der Waals surface area contributed by atoms with Gasteiger partial charge in [-0.3, -0.25) is 10.0 Å². The van der Waals surface area contributed by atoms with Crippen LogP contribution in [-0.4, -0.2) is 59.1 Å². The van der Waals surface area contributed by atoms with Crippen molar-refractivity contribution < 1.29 is 35.5 Å². The Kier molecular flexibility index (Phi) is 5.29. The Hall–Kier alpha value is -2.21. The number of benzene rings is 1. The first-order valence-electron chi connectivity index (χ1n) is 7.29. The van der Waals surface area contributed by atoms with E-state index in [0.717, 1.165) is 17.6 Å². The third-order valence-corrected chi connectivity index (χ3v) is 7.99. The molecule has 0 saturated carbocycles. The van der Waals surface area contributed by atoms with E-state index in [-0.39, 0.29) is 4.90 Å². The number of allylic oxidation sites excluding steroid dienone is 2. The number of carbonyl (C=O) groups excluding carboxylic acids is 1. The van der Waals surface area contributed by atoms with Crippen LogP contribution in [0.4, 0.5) is 0 Å². The van der Waals surface area contributed by atoms with Crippen LogP contribution >= 0.6 is 0 Å². The van der Waals surface area contributed by atoms with Gasteiger partial charge in [-0.25, -0.2) is 17.8 Å². The van der Waals surface area contributed by atoms with Gasteiger partial charge in [-0.2, -0.15) is 8.42 Å². The highest BCUT2D eigenvalue weighted by atomic mass is 32.2. The summed E-state index contributed by atoms with van der Waals surface area (Å²) in [7, 11) is -4.51. The van der Waals surface area contributed by atoms with Gasteiger partial charge < -0.3 is 4.74 Å². The van der Waals surface area contributed by atoms with Crippen molar-refractivity contribution in [2.45, 2.75) is 10.9 Å². The predicted molar refractivity (Wildman–Crippen MR) is 92.1 cm³/mol. The second-order valence-corrected chi connectivity index (χ2v) is 10.1. The molecule has 1 aromatic rings. The Morgan fingerprint density at radius 3 is 2.31 bits per heavy atom. The van der Waals surface area contributed by atoms with Crippen molar-refractivity contribution in [3.05, 3.63) is 46.7 Å². The molecule has 0 saturated heterocycles. The summed E-state index contributed by atoms with van der Waals surface area (Å²) in [6, 6.07) is 3.71. The molecule has 0 aliphatic carbocycles. The predicted octanol–water partition coefficient (Wildman–Crippen LogP) is 0.160. The number of nitrogens with one attached hydrogen (secondary N) is 1. The lowest BCUT2D eigenvalue weighted by atomic mass is 10.2. The quantitative estimate of drug-likeness (QED) is 0.416. The van der Waals surface area contributed by atoms with Crippen LogP contribution in [0, 0.1) is 0 Å². The van der Waals surface area contributed by atoms with Gasteiger partial charge in [0.15, 0.2) is 0 Å². The van der Waals surface area contributed by atoms with E-state index < -0.39 is 40.6 Å². The zero-order valence-electron chi connectivity index (χ0n) is 14.3. The van der Waals surface area contributed by atoms with Crippen molar-refractivity contribution in [2.24, 2.45) is 0 Å². The number of quaternary nitrogens is 1. The van der Waals surface area contributed by atoms with E-state index in [2.05, 4.69) is 0 Å². The van der Waals surface area contributed by atoms with Gasteiger partial charge in [0.2, 0.25) is 15.9 Å². The number of hydrogen-bond acceptors (Lipinski definition) is 7. The molecule has 0 radical (unpaired) electrons. The van der Waals surface area contributed by atoms with E-state index in [9.17, 15) is 21.6 Å². The first kappa shape index (κ1) is 20.1. The molecule has 0 bridgehead atoms. The molecule has 0 unspecified atom stereocenters. The Bertz CT molecular complexity index is 975. The minimum Gasteiger partial charge on any atom is -0.497 e. The molecule has 2 rings (SSSR count). The normalized spacial score (nSPS) is 21.4. The molecule has 0 fully saturated rings. The van der Waals surface area contributed by atoms with Crippen LogP contribution in [0.25, 0.3) is 0 Å². The van der Waals surface area contributed by atoms with Crippen LogP contribution in [-0.2, 0) is 24.7 Å². The van der Waals surface area contributed by atoms with Crippen molar-refractivity contribution in [2.75, 3.05) is 21.2 Å². The number of methoxy groups -OCH3 is 1. The number of carbonyl (C=O) groups is 1. The number of likely N-dealkylation sites (N-methyl/N-ethyl adjacent to an activating group) is 1. The maximum atomic E-state index is 13.1. The number of hydroxylamine groups is 1. The highest BCUT2D eigenvalue weighted by Crippen LogP contribution is 2.32. The molecule has 1 heterocycles. The number of sulfone groups is 1. The molecule has 0 aromatic heterocycles. The fourth-order valence-electron chi connectivity index (χ4n) is 2.53. The van der Waals surface area contributed by atoms with Crippen molar-refractivity contribution in [3.8, 4) is 5.75 Å². The smallest absolute Gasteiger partial charge is 0.320 e. The van der Waals surface area contributed by atoms with Gasteiger partial charge in [0.25, 0.3) is 0 Å². The standard InChI is InChI=1S/C15H18N2O7S2/c1-17(2)14(15(18)16-19)13(5-4-10-25(17,20)21)26(22,23)12-8-6-11(24-3)7-9-12/h4-10,14H,1-3H3,(H-,16,18,19)/p+1/t14-/m1/s1. The minimum atomic E-state index is -4.23. The van der Waals surface area contributed by atoms with Gasteiger partial charge >= 0.3 is 15.9 Å². The molecular formula is C15H19N2O7S2+. The Balaban J connectivity index is 2.69. The highest BCUT2D eigenvalue weighted by Gasteiger charge is 2.51. The molecule has 2 N–H and O–H groups in total. The van der Waals surface area contributed by atoms with E-state index in [1.54, 1.807) is 0 Å². The van der Waals surface area contributed by atoms with Gasteiger partial charge in [0.05, 0.1) is 31.5 Å². The third kappa shape index (κ3) is 3.26. The Morgan fingerprint density at radius 2 is 1.81 bits per heavy atom. The fraction of sp³-hybridized carbons (Fsp3) is 0.267. The number of hydrogen-bond donors (Lipinski definition) is 2. The average molecular weight is 403 g/mol. The molecule has 1 aliphatic rings. The summed E-state index contributed by atoms with van der Waals surface area (Å²) in [4.78, 5) is 11.6. The van der Waals surface area contributed by atoms with Gasteiger partial charge in [-0.1, -0.05) is 0 Å². The van der Waals surface area contributed by atoms with Crippen LogP contribution < -0.4 is 10.2 Å². The van der Waals surface area contributed by atoms with Gasteiger partial charge in [0, 0.05) is 0 Å². The number of nitrogens with zero attached hydrogens (tertiary/aromatic N) is 1. The van der Waals surface area contributed by atoms with Crippen molar-refractivity contribution in [1.82, 2.24) is 5.48 Å². The first-order chi connectivity index (χ1) is 12.0. The second-order valence-electron chi connectivity index (χ2n) is 5.90. The van der Waals surface area contributed by atoms with Gasteiger partial charge in [0.1, 0.15) is 10.7 Å². The van der Waals surface area contributed by atoms with Gasteiger partial charge in [-0.05, 0) is 36.4 Å². The average Bonchev–Trinajstić information content (AvgIpc) is 2.68. The number of sulfonamides is 1. The third-order valence-electron chi connectivity index (χ3n) is 4.10. The Labute approximate surface area is 151 Å². The number of ether oxygens (including phenoxy) is 1. The summed E-state index contributed by atoms with van der Waals surface area (Å²) in [5.41, 5.74) is 1.36. The maximum Gasteiger partial charge on any atom is 0.320 e. The monoisotopic (exact) mass is 403 g/mol. The summed E-state index contributed by atoms with van der Waals surface area (Å²) in [6.07, 6.45) is 2.10. The summed E-state index contributed by atoms with van der Waals surface area (Å²) in [6.45, 7) is 0. The number of amides is 1. The zero-order valence-corrected chi connectivity index (χ0v) is 15.9. The van der Waals surface area contributed by atoms with Crippen LogP contribution in [0.3, 0.4) is 0 Å². The molecule has 1 aromatic carbocycles. The van der Waals surface area contributed by atoms with E-state index in [4.69, 9.17) is 9.94 Å². The summed E-state index contributed by atoms with van der Waals surface area (Å²) in [5.74, 6) is -0.729. The minimum absolute atomic E-state index is 0.145. The second kappa shape index (κ2) is 6.83. The molecule has 1 atom stereocenters. The molecule has 11 heteroatoms. The summed E-state index contributed by atoms with van der Waals surface area (Å²) >= 11 is 0. The lowest BCUT2D eigenvalue weighted by Crippen LogP contribution is -2.59. The molecule has 26 heavy (non-hydrogen) atoms. The van der Waals surface area contributed by atoms with Crippen LogP contribution in [0.15, 0.2) is 51.6 Å². The first-order valence-corrected chi connectivity index (χ1v) is 10.3. The molecule has 1 amide bonds. The molecule has 142 valence electrons. The summed E-state index contributed by atoms with van der Waals surface area (Å²) in [5, 5.41) is 9.86. The van der Waals surface area contributed by atoms with E-state index in [1.807, 2.05) is 0 Å². The highest BCUT2D eigenvalue weighted by molar-refractivity contribution is 7.95. The molecular weight excluding hydrogens is 384 g/mol. The van der Waals surface area contributed by atoms with E-state index in [1.165, 1.54) is 51.0 Å². The molecule has 1 aliphatic heterocycles. The lowest BCUT2D eigenvalue weighted by Gasteiger charge is -2.33. The Morgan fingerprint density at radius 1 is 1.23 bits per heavy atom. The van der Waals surface area contributed by atoms with Crippen LogP contribution in [0.2, 0.25) is 0 Å². The van der Waals surface area contributed by atoms with Crippen molar-refractivity contribution in [3.63, 3.8) is 0 Å². The molecule has 9 nitrogen and oxygen atoms in total. The van der Waals surface area contributed by atoms with Crippen LogP contribution in [0.1, 0.15) is 0 Å². The lowest BCUT2D eigenvalue weighted by molar-refractivity contribution is -0.772. The maximum absolute atomic E-state index is 13.1.